The van der Waals surface area contributed by atoms with Crippen molar-refractivity contribution in [3.63, 3.8) is 0 Å². The van der Waals surface area contributed by atoms with Crippen LogP contribution in [0.3, 0.4) is 0 Å². The molecule has 0 unspecified atom stereocenters. The number of hydrogen-bond acceptors (Lipinski definition) is 5. The number of aromatic nitrogens is 5. The third-order valence-electron chi connectivity index (χ3n) is 8.52. The first kappa shape index (κ1) is 27.0. The van der Waals surface area contributed by atoms with Crippen molar-refractivity contribution in [1.82, 2.24) is 24.9 Å². The highest BCUT2D eigenvalue weighted by molar-refractivity contribution is 7.04. The minimum Gasteiger partial charge on any atom is -0.228 e. The smallest absolute Gasteiger partial charge is 0.164 e. The molecule has 8 rings (SSSR count). The Morgan fingerprint density at radius 3 is 1.38 bits per heavy atom. The van der Waals surface area contributed by atoms with Crippen molar-refractivity contribution in [2.75, 3.05) is 0 Å². The van der Waals surface area contributed by atoms with Crippen LogP contribution in [0.5, 0.6) is 0 Å². The van der Waals surface area contributed by atoms with E-state index in [9.17, 15) is 0 Å². The van der Waals surface area contributed by atoms with Crippen molar-refractivity contribution in [3.05, 3.63) is 140 Å². The van der Waals surface area contributed by atoms with Crippen molar-refractivity contribution < 1.29 is 0 Å². The van der Waals surface area contributed by atoms with E-state index in [2.05, 4.69) is 73.8 Å². The zero-order chi connectivity index (χ0) is 30.4. The molecule has 0 saturated carbocycles. The Balaban J connectivity index is 1.34. The largest absolute Gasteiger partial charge is 0.228 e. The minimum absolute atomic E-state index is 0.623. The Morgan fingerprint density at radius 1 is 0.378 bits per heavy atom. The molecule has 5 aromatic carbocycles. The van der Waals surface area contributed by atoms with Gasteiger partial charge in [0.25, 0.3) is 0 Å². The highest BCUT2D eigenvalue weighted by atomic mass is 28.3. The van der Waals surface area contributed by atoms with Crippen LogP contribution >= 0.6 is 0 Å². The summed E-state index contributed by atoms with van der Waals surface area (Å²) in [6.45, 7) is 4.81. The number of nitrogens with zero attached hydrogens (tertiary/aromatic N) is 5. The van der Waals surface area contributed by atoms with Crippen LogP contribution in [0.15, 0.2) is 140 Å². The molecule has 0 aliphatic carbocycles. The van der Waals surface area contributed by atoms with Gasteiger partial charge in [0.05, 0.1) is 11.4 Å². The van der Waals surface area contributed by atoms with Gasteiger partial charge in [-0.05, 0) is 22.0 Å². The standard InChI is InChI=1S/C39H29N5Si/c1-45(2)32-24-13-12-23-31(32)34-35(45)33(40-36(41-34)26-15-6-3-7-16-26)29-21-14-22-30(25-29)39-43-37(27-17-8-4-9-18-27)42-38(44-39)28-19-10-5-11-20-28/h3-25H,1-2H3. The lowest BCUT2D eigenvalue weighted by Crippen LogP contribution is -2.50. The Bertz CT molecular complexity index is 2120. The Morgan fingerprint density at radius 2 is 0.800 bits per heavy atom. The van der Waals surface area contributed by atoms with Crippen molar-refractivity contribution in [2.24, 2.45) is 0 Å². The number of hydrogen-bond donors (Lipinski definition) is 0. The maximum absolute atomic E-state index is 5.30. The summed E-state index contributed by atoms with van der Waals surface area (Å²) in [5.74, 6) is 2.64. The quantitative estimate of drug-likeness (QED) is 0.190. The van der Waals surface area contributed by atoms with E-state index in [0.717, 1.165) is 45.0 Å². The highest BCUT2D eigenvalue weighted by Crippen LogP contribution is 2.34. The number of fused-ring (bicyclic) bond motifs is 3. The van der Waals surface area contributed by atoms with Gasteiger partial charge in [-0.2, -0.15) is 0 Å². The molecule has 0 saturated heterocycles. The molecule has 45 heavy (non-hydrogen) atoms. The molecule has 0 radical (unpaired) electrons. The zero-order valence-corrected chi connectivity index (χ0v) is 26.0. The molecular formula is C39H29N5Si. The topological polar surface area (TPSA) is 64.5 Å². The van der Waals surface area contributed by atoms with Crippen molar-refractivity contribution in [3.8, 4) is 68.1 Å². The predicted molar refractivity (Wildman–Crippen MR) is 185 cm³/mol. The summed E-state index contributed by atoms with van der Waals surface area (Å²) >= 11 is 0. The molecule has 0 atom stereocenters. The summed E-state index contributed by atoms with van der Waals surface area (Å²) < 4.78 is 0. The molecule has 0 amide bonds. The second-order valence-electron chi connectivity index (χ2n) is 11.8. The van der Waals surface area contributed by atoms with Crippen LogP contribution in [-0.4, -0.2) is 33.0 Å². The van der Waals surface area contributed by atoms with Gasteiger partial charge in [0, 0.05) is 27.8 Å². The fraction of sp³-hybridized carbons (Fsp3) is 0.0513. The number of benzene rings is 5. The van der Waals surface area contributed by atoms with Crippen molar-refractivity contribution in [1.29, 1.82) is 0 Å². The van der Waals surface area contributed by atoms with Gasteiger partial charge in [0.1, 0.15) is 8.07 Å². The summed E-state index contributed by atoms with van der Waals surface area (Å²) in [5, 5.41) is 2.67. The number of rotatable bonds is 5. The molecule has 5 nitrogen and oxygen atoms in total. The van der Waals surface area contributed by atoms with Gasteiger partial charge in [-0.1, -0.05) is 147 Å². The average molecular weight is 596 g/mol. The molecule has 3 heterocycles. The molecule has 0 bridgehead atoms. The first-order valence-electron chi connectivity index (χ1n) is 15.1. The normalized spacial score (nSPS) is 12.8. The Hall–Kier alpha value is -5.59. The third-order valence-corrected chi connectivity index (χ3v) is 12.0. The lowest BCUT2D eigenvalue weighted by atomic mass is 10.0. The SMILES string of the molecule is C[Si]1(C)c2ccccc2-c2nc(-c3ccccc3)nc(-c3cccc(-c4nc(-c5ccccc5)nc(-c5ccccc5)n4)c3)c21. The Labute approximate surface area is 263 Å². The second-order valence-corrected chi connectivity index (χ2v) is 16.1. The molecule has 214 valence electrons. The van der Waals surface area contributed by atoms with Crippen LogP contribution in [0.25, 0.3) is 68.1 Å². The van der Waals surface area contributed by atoms with Gasteiger partial charge in [-0.25, -0.2) is 24.9 Å². The van der Waals surface area contributed by atoms with Crippen LogP contribution in [0, 0.1) is 0 Å². The minimum atomic E-state index is -2.10. The fourth-order valence-electron chi connectivity index (χ4n) is 6.29. The van der Waals surface area contributed by atoms with Crippen molar-refractivity contribution in [2.45, 2.75) is 13.1 Å². The van der Waals surface area contributed by atoms with E-state index in [0.29, 0.717) is 17.5 Å². The van der Waals surface area contributed by atoms with E-state index < -0.39 is 8.07 Å². The van der Waals surface area contributed by atoms with E-state index in [4.69, 9.17) is 24.9 Å². The van der Waals surface area contributed by atoms with E-state index in [1.807, 2.05) is 78.9 Å². The zero-order valence-electron chi connectivity index (χ0n) is 25.0. The summed E-state index contributed by atoms with van der Waals surface area (Å²) in [6.07, 6.45) is 0. The van der Waals surface area contributed by atoms with E-state index in [-0.39, 0.29) is 0 Å². The van der Waals surface area contributed by atoms with Gasteiger partial charge in [-0.3, -0.25) is 0 Å². The molecule has 0 N–H and O–H groups in total. The first-order valence-corrected chi connectivity index (χ1v) is 18.1. The summed E-state index contributed by atoms with van der Waals surface area (Å²) in [6, 6.07) is 47.6. The van der Waals surface area contributed by atoms with Crippen LogP contribution in [0.1, 0.15) is 0 Å². The molecule has 1 aliphatic rings. The summed E-state index contributed by atoms with van der Waals surface area (Å²) in [4.78, 5) is 25.4. The molecule has 6 heteroatoms. The van der Waals surface area contributed by atoms with Gasteiger partial charge >= 0.3 is 0 Å². The molecule has 1 aliphatic heterocycles. The van der Waals surface area contributed by atoms with Crippen LogP contribution in [-0.2, 0) is 0 Å². The van der Waals surface area contributed by atoms with Gasteiger partial charge in [0.15, 0.2) is 23.3 Å². The van der Waals surface area contributed by atoms with Gasteiger partial charge in [0.2, 0.25) is 0 Å². The van der Waals surface area contributed by atoms with Crippen LogP contribution in [0.4, 0.5) is 0 Å². The molecule has 7 aromatic rings. The molecule has 0 fully saturated rings. The lowest BCUT2D eigenvalue weighted by Gasteiger charge is -2.22. The monoisotopic (exact) mass is 595 g/mol. The van der Waals surface area contributed by atoms with Gasteiger partial charge < -0.3 is 0 Å². The van der Waals surface area contributed by atoms with E-state index in [1.165, 1.54) is 15.9 Å². The molecule has 2 aromatic heterocycles. The fourth-order valence-corrected chi connectivity index (χ4v) is 9.52. The average Bonchev–Trinajstić information content (AvgIpc) is 3.35. The van der Waals surface area contributed by atoms with Crippen molar-refractivity contribution >= 4 is 18.4 Å². The van der Waals surface area contributed by atoms with Crippen LogP contribution < -0.4 is 10.4 Å². The third kappa shape index (κ3) is 4.76. The lowest BCUT2D eigenvalue weighted by molar-refractivity contribution is 1.07. The Kier molecular flexibility index (Phi) is 6.50. The predicted octanol–water partition coefficient (Wildman–Crippen LogP) is 7.80. The van der Waals surface area contributed by atoms with Crippen LogP contribution in [0.2, 0.25) is 13.1 Å². The highest BCUT2D eigenvalue weighted by Gasteiger charge is 2.41. The van der Waals surface area contributed by atoms with Gasteiger partial charge in [-0.15, -0.1) is 0 Å². The maximum atomic E-state index is 5.30. The maximum Gasteiger partial charge on any atom is 0.164 e. The second kappa shape index (κ2) is 10.8. The molecule has 0 spiro atoms. The summed E-state index contributed by atoms with van der Waals surface area (Å²) in [5.41, 5.74) is 8.08. The first-order chi connectivity index (χ1) is 22.1. The molecular weight excluding hydrogens is 567 g/mol. The summed E-state index contributed by atoms with van der Waals surface area (Å²) in [7, 11) is -2.10. The van der Waals surface area contributed by atoms with E-state index >= 15 is 0 Å². The van der Waals surface area contributed by atoms with E-state index in [1.54, 1.807) is 0 Å².